The van der Waals surface area contributed by atoms with Crippen molar-refractivity contribution in [3.8, 4) is 22.8 Å². The molecule has 0 radical (unpaired) electrons. The molecule has 2 heterocycles. The second-order valence-electron chi connectivity index (χ2n) is 8.96. The summed E-state index contributed by atoms with van der Waals surface area (Å²) in [5.74, 6) is 1.32. The quantitative estimate of drug-likeness (QED) is 0.174. The molecule has 0 unspecified atom stereocenters. The molecule has 0 fully saturated rings. The van der Waals surface area contributed by atoms with Crippen molar-refractivity contribution in [3.05, 3.63) is 100 Å². The lowest BCUT2D eigenvalue weighted by molar-refractivity contribution is -0.115. The summed E-state index contributed by atoms with van der Waals surface area (Å²) < 4.78 is 11.7. The van der Waals surface area contributed by atoms with Gasteiger partial charge in [-0.15, -0.1) is 0 Å². The number of halogens is 1. The Kier molecular flexibility index (Phi) is 7.13. The Morgan fingerprint density at radius 1 is 0.921 bits per heavy atom. The monoisotopic (exact) mass is 541 g/mol. The molecule has 0 aliphatic rings. The number of carbonyl (C=O) groups is 1. The number of nitrogens with zero attached hydrogens (tertiary/aromatic N) is 1. The summed E-state index contributed by atoms with van der Waals surface area (Å²) in [4.78, 5) is 17.1. The zero-order valence-electron chi connectivity index (χ0n) is 21.0. The largest absolute Gasteiger partial charge is 0.457 e. The Morgan fingerprint density at radius 3 is 2.53 bits per heavy atom. The van der Waals surface area contributed by atoms with Crippen molar-refractivity contribution in [1.82, 2.24) is 10.3 Å². The van der Waals surface area contributed by atoms with Crippen molar-refractivity contribution >= 4 is 57.7 Å². The van der Waals surface area contributed by atoms with Crippen molar-refractivity contribution in [1.29, 1.82) is 0 Å². The third-order valence-corrected chi connectivity index (χ3v) is 6.61. The normalized spacial score (nSPS) is 11.3. The van der Waals surface area contributed by atoms with Crippen molar-refractivity contribution in [2.24, 2.45) is 0 Å². The van der Waals surface area contributed by atoms with Crippen LogP contribution >= 0.6 is 23.8 Å². The van der Waals surface area contributed by atoms with Gasteiger partial charge >= 0.3 is 0 Å². The lowest BCUT2D eigenvalue weighted by atomic mass is 10.1. The number of furan rings is 1. The number of thiocarbonyl (C=S) groups is 1. The van der Waals surface area contributed by atoms with E-state index in [-0.39, 0.29) is 11.0 Å². The van der Waals surface area contributed by atoms with Gasteiger partial charge in [0.1, 0.15) is 17.0 Å². The van der Waals surface area contributed by atoms with Crippen LogP contribution in [0.2, 0.25) is 5.02 Å². The average molecular weight is 542 g/mol. The molecular formula is C30H24ClN3O3S. The number of hydrogen-bond donors (Lipinski definition) is 2. The molecule has 0 aliphatic carbocycles. The summed E-state index contributed by atoms with van der Waals surface area (Å²) in [6.45, 7) is 5.90. The molecule has 8 heteroatoms. The van der Waals surface area contributed by atoms with Crippen LogP contribution in [0.4, 0.5) is 5.69 Å². The van der Waals surface area contributed by atoms with Crippen LogP contribution in [0.1, 0.15) is 22.5 Å². The summed E-state index contributed by atoms with van der Waals surface area (Å²) in [5.41, 5.74) is 6.98. The number of oxazole rings is 1. The maximum atomic E-state index is 12.5. The number of hydrogen-bond acceptors (Lipinski definition) is 5. The number of fused-ring (bicyclic) bond motifs is 1. The minimum atomic E-state index is -0.387. The standard InChI is InChI=1S/C30H24ClN3O3S/c1-17-4-11-27-25(14-17)32-29(37-27)21-8-6-19(3)24(16-21)33-30(38)34-28(35)13-10-22-9-12-26(36-22)20-7-5-18(2)23(31)15-20/h4-16H,1-3H3,(H2,33,34,35,38)/b13-10+. The molecule has 38 heavy (non-hydrogen) atoms. The minimum Gasteiger partial charge on any atom is -0.457 e. The predicted molar refractivity (Wildman–Crippen MR) is 156 cm³/mol. The Labute approximate surface area is 230 Å². The van der Waals surface area contributed by atoms with E-state index in [0.717, 1.165) is 44.6 Å². The van der Waals surface area contributed by atoms with Gasteiger partial charge in [0.05, 0.1) is 0 Å². The van der Waals surface area contributed by atoms with Crippen LogP contribution in [0.5, 0.6) is 0 Å². The first kappa shape index (κ1) is 25.4. The molecule has 5 rings (SSSR count). The molecule has 0 saturated carbocycles. The summed E-state index contributed by atoms with van der Waals surface area (Å²) in [6.07, 6.45) is 2.94. The average Bonchev–Trinajstić information content (AvgIpc) is 3.53. The molecule has 2 N–H and O–H groups in total. The minimum absolute atomic E-state index is 0.169. The molecule has 5 aromatic rings. The van der Waals surface area contributed by atoms with E-state index in [4.69, 9.17) is 32.7 Å². The number of aryl methyl sites for hydroxylation is 3. The van der Waals surface area contributed by atoms with E-state index in [1.165, 1.54) is 6.08 Å². The van der Waals surface area contributed by atoms with Crippen molar-refractivity contribution in [2.75, 3.05) is 5.32 Å². The molecular weight excluding hydrogens is 518 g/mol. The highest BCUT2D eigenvalue weighted by Gasteiger charge is 2.12. The number of amides is 1. The van der Waals surface area contributed by atoms with Gasteiger partial charge in [-0.3, -0.25) is 10.1 Å². The maximum absolute atomic E-state index is 12.5. The molecule has 2 aromatic heterocycles. The maximum Gasteiger partial charge on any atom is 0.250 e. The fourth-order valence-electron chi connectivity index (χ4n) is 3.86. The lowest BCUT2D eigenvalue weighted by Crippen LogP contribution is -2.33. The molecule has 0 aliphatic heterocycles. The van der Waals surface area contributed by atoms with Gasteiger partial charge in [-0.2, -0.15) is 0 Å². The van der Waals surface area contributed by atoms with E-state index in [2.05, 4.69) is 15.6 Å². The second-order valence-corrected chi connectivity index (χ2v) is 9.78. The molecule has 0 spiro atoms. The summed E-state index contributed by atoms with van der Waals surface area (Å²) in [5, 5.41) is 6.59. The molecule has 0 atom stereocenters. The van der Waals surface area contributed by atoms with E-state index in [1.807, 2.05) is 81.4 Å². The van der Waals surface area contributed by atoms with E-state index in [9.17, 15) is 4.79 Å². The van der Waals surface area contributed by atoms with Crippen molar-refractivity contribution < 1.29 is 13.6 Å². The highest BCUT2D eigenvalue weighted by molar-refractivity contribution is 7.80. The van der Waals surface area contributed by atoms with E-state index >= 15 is 0 Å². The fourth-order valence-corrected chi connectivity index (χ4v) is 4.25. The van der Waals surface area contributed by atoms with Crippen LogP contribution in [0.25, 0.3) is 40.0 Å². The zero-order chi connectivity index (χ0) is 26.8. The molecule has 3 aromatic carbocycles. The number of benzene rings is 3. The van der Waals surface area contributed by atoms with E-state index in [0.29, 0.717) is 22.4 Å². The van der Waals surface area contributed by atoms with Gasteiger partial charge in [0.2, 0.25) is 11.8 Å². The topological polar surface area (TPSA) is 80.3 Å². The number of aromatic nitrogens is 1. The highest BCUT2D eigenvalue weighted by Crippen LogP contribution is 2.29. The van der Waals surface area contributed by atoms with Crippen molar-refractivity contribution in [3.63, 3.8) is 0 Å². The zero-order valence-corrected chi connectivity index (χ0v) is 22.5. The Bertz CT molecular complexity index is 1720. The first-order valence-electron chi connectivity index (χ1n) is 11.9. The fraction of sp³-hybridized carbons (Fsp3) is 0.100. The van der Waals surface area contributed by atoms with Crippen LogP contribution in [0.15, 0.2) is 81.6 Å². The summed E-state index contributed by atoms with van der Waals surface area (Å²) >= 11 is 11.6. The molecule has 0 saturated heterocycles. The van der Waals surface area contributed by atoms with Gasteiger partial charge in [-0.1, -0.05) is 35.9 Å². The third kappa shape index (κ3) is 5.69. The van der Waals surface area contributed by atoms with Gasteiger partial charge in [-0.25, -0.2) is 4.98 Å². The number of nitrogens with one attached hydrogen (secondary N) is 2. The van der Waals surface area contributed by atoms with Gasteiger partial charge < -0.3 is 14.2 Å². The number of carbonyl (C=O) groups excluding carboxylic acids is 1. The van der Waals surface area contributed by atoms with Gasteiger partial charge in [0.15, 0.2) is 10.7 Å². The van der Waals surface area contributed by atoms with Crippen LogP contribution in [0.3, 0.4) is 0 Å². The van der Waals surface area contributed by atoms with Crippen LogP contribution < -0.4 is 10.6 Å². The van der Waals surface area contributed by atoms with Gasteiger partial charge in [-0.05, 0) is 98.2 Å². The Morgan fingerprint density at radius 2 is 1.71 bits per heavy atom. The molecule has 6 nitrogen and oxygen atoms in total. The van der Waals surface area contributed by atoms with Crippen LogP contribution in [-0.2, 0) is 4.79 Å². The van der Waals surface area contributed by atoms with Crippen LogP contribution in [0, 0.1) is 20.8 Å². The summed E-state index contributed by atoms with van der Waals surface area (Å²) in [6, 6.07) is 21.0. The summed E-state index contributed by atoms with van der Waals surface area (Å²) in [7, 11) is 0. The lowest BCUT2D eigenvalue weighted by Gasteiger charge is -2.11. The van der Waals surface area contributed by atoms with E-state index < -0.39 is 0 Å². The molecule has 1 amide bonds. The molecule has 0 bridgehead atoms. The highest BCUT2D eigenvalue weighted by atomic mass is 35.5. The predicted octanol–water partition coefficient (Wildman–Crippen LogP) is 7.86. The van der Waals surface area contributed by atoms with Gasteiger partial charge in [0, 0.05) is 27.9 Å². The van der Waals surface area contributed by atoms with Crippen LogP contribution in [-0.4, -0.2) is 16.0 Å². The first-order chi connectivity index (χ1) is 18.2. The van der Waals surface area contributed by atoms with Gasteiger partial charge in [0.25, 0.3) is 0 Å². The second kappa shape index (κ2) is 10.7. The smallest absolute Gasteiger partial charge is 0.250 e. The Balaban J connectivity index is 1.23. The molecule has 190 valence electrons. The first-order valence-corrected chi connectivity index (χ1v) is 12.7. The van der Waals surface area contributed by atoms with Crippen molar-refractivity contribution in [2.45, 2.75) is 20.8 Å². The number of anilines is 1. The van der Waals surface area contributed by atoms with E-state index in [1.54, 1.807) is 12.1 Å². The number of rotatable bonds is 5. The Hall–Kier alpha value is -4.20. The third-order valence-electron chi connectivity index (χ3n) is 5.99. The SMILES string of the molecule is Cc1ccc2oc(-c3ccc(C)c(NC(=S)NC(=O)/C=C/c4ccc(-c5ccc(C)c(Cl)c5)o4)c3)nc2c1.